The highest BCUT2D eigenvalue weighted by molar-refractivity contribution is 5.66. The molecule has 108 valence electrons. The van der Waals surface area contributed by atoms with Crippen molar-refractivity contribution in [1.29, 1.82) is 5.26 Å². The van der Waals surface area contributed by atoms with Crippen molar-refractivity contribution in [2.75, 3.05) is 0 Å². The van der Waals surface area contributed by atoms with Gasteiger partial charge in [0.15, 0.2) is 0 Å². The van der Waals surface area contributed by atoms with Gasteiger partial charge in [-0.3, -0.25) is 0 Å². The molecule has 1 fully saturated rings. The van der Waals surface area contributed by atoms with E-state index >= 15 is 0 Å². The molecule has 1 saturated carbocycles. The van der Waals surface area contributed by atoms with Crippen LogP contribution in [0.25, 0.3) is 21.6 Å². The normalized spacial score (nSPS) is 14.7. The predicted molar refractivity (Wildman–Crippen MR) is 81.7 cm³/mol. The molecular weight excluding hydrogens is 276 g/mol. The third-order valence-electron chi connectivity index (χ3n) is 3.72. The summed E-state index contributed by atoms with van der Waals surface area (Å²) in [5.74, 6) is 1.26. The number of benzene rings is 1. The van der Waals surface area contributed by atoms with E-state index in [4.69, 9.17) is 10.8 Å². The maximum Gasteiger partial charge on any atom is 0.131 e. The lowest BCUT2D eigenvalue weighted by Crippen LogP contribution is -2.03. The smallest absolute Gasteiger partial charge is 0.131 e. The summed E-state index contributed by atoms with van der Waals surface area (Å²) in [5.41, 5.74) is 11.8. The van der Waals surface area contributed by atoms with E-state index in [0.29, 0.717) is 11.5 Å². The summed E-state index contributed by atoms with van der Waals surface area (Å²) >= 11 is 0. The number of hydrogen-bond donors (Lipinski definition) is 0. The fourth-order valence-corrected chi connectivity index (χ4v) is 2.34. The van der Waals surface area contributed by atoms with Crippen LogP contribution >= 0.6 is 0 Å². The van der Waals surface area contributed by atoms with Gasteiger partial charge >= 0.3 is 0 Å². The molecule has 0 bridgehead atoms. The molecule has 0 aliphatic heterocycles. The maximum atomic E-state index is 8.89. The molecule has 0 N–H and O–H groups in total. The molecule has 0 spiro atoms. The standard InChI is InChI=1S/C16H14N6/c1-10(21-22-18)15-14(9-19-16(20-15)13-6-7-13)12-4-2-11(8-17)3-5-12/h2-5,9-10,13H,6-7H2,1H3. The van der Waals surface area contributed by atoms with Crippen molar-refractivity contribution in [1.82, 2.24) is 9.97 Å². The Bertz CT molecular complexity index is 779. The lowest BCUT2D eigenvalue weighted by atomic mass is 10.0. The molecular formula is C16H14N6. The van der Waals surface area contributed by atoms with Gasteiger partial charge in [-0.25, -0.2) is 9.97 Å². The SMILES string of the molecule is CC(N=[N+]=[N-])c1nc(C2CC2)ncc1-c1ccc(C#N)cc1. The molecule has 1 heterocycles. The van der Waals surface area contributed by atoms with Crippen molar-refractivity contribution in [2.24, 2.45) is 5.11 Å². The van der Waals surface area contributed by atoms with Crippen LogP contribution < -0.4 is 0 Å². The Kier molecular flexibility index (Phi) is 3.73. The number of azide groups is 1. The van der Waals surface area contributed by atoms with Gasteiger partial charge in [0.1, 0.15) is 5.82 Å². The van der Waals surface area contributed by atoms with Gasteiger partial charge in [0, 0.05) is 22.6 Å². The minimum atomic E-state index is -0.365. The molecule has 0 saturated heterocycles. The largest absolute Gasteiger partial charge is 0.240 e. The Morgan fingerprint density at radius 3 is 2.68 bits per heavy atom. The van der Waals surface area contributed by atoms with E-state index in [9.17, 15) is 0 Å². The van der Waals surface area contributed by atoms with Gasteiger partial charge in [0.25, 0.3) is 0 Å². The number of hydrogen-bond acceptors (Lipinski definition) is 4. The Morgan fingerprint density at radius 2 is 2.09 bits per heavy atom. The van der Waals surface area contributed by atoms with Crippen LogP contribution in [-0.4, -0.2) is 9.97 Å². The first-order valence-electron chi connectivity index (χ1n) is 7.14. The van der Waals surface area contributed by atoms with Gasteiger partial charge in [0.05, 0.1) is 23.4 Å². The van der Waals surface area contributed by atoms with E-state index in [0.717, 1.165) is 35.5 Å². The van der Waals surface area contributed by atoms with Crippen LogP contribution in [0, 0.1) is 11.3 Å². The summed E-state index contributed by atoms with van der Waals surface area (Å²) in [5, 5.41) is 12.7. The Balaban J connectivity index is 2.08. The number of rotatable bonds is 4. The van der Waals surface area contributed by atoms with Gasteiger partial charge in [-0.15, -0.1) is 0 Å². The zero-order chi connectivity index (χ0) is 15.5. The van der Waals surface area contributed by atoms with Gasteiger partial charge in [-0.2, -0.15) is 5.26 Å². The quantitative estimate of drug-likeness (QED) is 0.477. The lowest BCUT2D eigenvalue weighted by Gasteiger charge is -2.13. The van der Waals surface area contributed by atoms with Crippen LogP contribution in [-0.2, 0) is 0 Å². The van der Waals surface area contributed by atoms with Crippen LogP contribution in [0.4, 0.5) is 0 Å². The molecule has 22 heavy (non-hydrogen) atoms. The van der Waals surface area contributed by atoms with Crippen LogP contribution in [0.5, 0.6) is 0 Å². The molecule has 6 heteroatoms. The third-order valence-corrected chi connectivity index (χ3v) is 3.72. The monoisotopic (exact) mass is 290 g/mol. The topological polar surface area (TPSA) is 98.3 Å². The molecule has 1 aromatic carbocycles. The van der Waals surface area contributed by atoms with E-state index in [2.05, 4.69) is 26.1 Å². The Morgan fingerprint density at radius 1 is 1.36 bits per heavy atom. The van der Waals surface area contributed by atoms with E-state index < -0.39 is 0 Å². The fourth-order valence-electron chi connectivity index (χ4n) is 2.34. The minimum Gasteiger partial charge on any atom is -0.240 e. The van der Waals surface area contributed by atoms with Crippen LogP contribution in [0.2, 0.25) is 0 Å². The molecule has 1 aliphatic rings. The Labute approximate surface area is 128 Å². The molecule has 1 atom stereocenters. The predicted octanol–water partition coefficient (Wildman–Crippen LogP) is 4.26. The summed E-state index contributed by atoms with van der Waals surface area (Å²) < 4.78 is 0. The number of nitrogens with zero attached hydrogens (tertiary/aromatic N) is 6. The van der Waals surface area contributed by atoms with Crippen LogP contribution in [0.15, 0.2) is 35.6 Å². The van der Waals surface area contributed by atoms with E-state index in [1.165, 1.54) is 0 Å². The van der Waals surface area contributed by atoms with Crippen molar-refractivity contribution in [2.45, 2.75) is 31.7 Å². The average molecular weight is 290 g/mol. The first-order valence-corrected chi connectivity index (χ1v) is 7.14. The molecule has 3 rings (SSSR count). The summed E-state index contributed by atoms with van der Waals surface area (Å²) in [6, 6.07) is 8.97. The Hall–Kier alpha value is -2.90. The van der Waals surface area contributed by atoms with Crippen LogP contribution in [0.1, 0.15) is 48.8 Å². The third kappa shape index (κ3) is 2.76. The molecule has 2 aromatic rings. The molecule has 1 unspecified atom stereocenters. The second kappa shape index (κ2) is 5.84. The minimum absolute atomic E-state index is 0.365. The molecule has 0 radical (unpaired) electrons. The fraction of sp³-hybridized carbons (Fsp3) is 0.312. The maximum absolute atomic E-state index is 8.89. The van der Waals surface area contributed by atoms with Crippen molar-refractivity contribution >= 4 is 0 Å². The molecule has 0 amide bonds. The van der Waals surface area contributed by atoms with Gasteiger partial charge in [-0.1, -0.05) is 24.2 Å². The van der Waals surface area contributed by atoms with Crippen molar-refractivity contribution < 1.29 is 0 Å². The molecule has 1 aromatic heterocycles. The first kappa shape index (κ1) is 14.1. The van der Waals surface area contributed by atoms with Gasteiger partial charge < -0.3 is 0 Å². The zero-order valence-electron chi connectivity index (χ0n) is 12.1. The highest BCUT2D eigenvalue weighted by Gasteiger charge is 2.28. The summed E-state index contributed by atoms with van der Waals surface area (Å²) in [6.07, 6.45) is 4.03. The summed E-state index contributed by atoms with van der Waals surface area (Å²) in [7, 11) is 0. The lowest BCUT2D eigenvalue weighted by molar-refractivity contribution is 0.749. The zero-order valence-corrected chi connectivity index (χ0v) is 12.1. The highest BCUT2D eigenvalue weighted by atomic mass is 15.2. The van der Waals surface area contributed by atoms with E-state index in [1.807, 2.05) is 19.1 Å². The highest BCUT2D eigenvalue weighted by Crippen LogP contribution is 2.39. The average Bonchev–Trinajstić information content (AvgIpc) is 3.39. The van der Waals surface area contributed by atoms with Crippen LogP contribution in [0.3, 0.4) is 0 Å². The number of aromatic nitrogens is 2. The second-order valence-corrected chi connectivity index (χ2v) is 5.37. The van der Waals surface area contributed by atoms with E-state index in [-0.39, 0.29) is 6.04 Å². The molecule has 6 nitrogen and oxygen atoms in total. The summed E-state index contributed by atoms with van der Waals surface area (Å²) in [6.45, 7) is 1.83. The van der Waals surface area contributed by atoms with Gasteiger partial charge in [0.2, 0.25) is 0 Å². The summed E-state index contributed by atoms with van der Waals surface area (Å²) in [4.78, 5) is 12.0. The van der Waals surface area contributed by atoms with Gasteiger partial charge in [-0.05, 0) is 36.1 Å². The molecule has 1 aliphatic carbocycles. The second-order valence-electron chi connectivity index (χ2n) is 5.37. The van der Waals surface area contributed by atoms with Crippen molar-refractivity contribution in [3.63, 3.8) is 0 Å². The number of nitriles is 1. The van der Waals surface area contributed by atoms with E-state index in [1.54, 1.807) is 18.3 Å². The van der Waals surface area contributed by atoms with Crippen molar-refractivity contribution in [3.05, 3.63) is 58.0 Å². The first-order chi connectivity index (χ1) is 10.7. The van der Waals surface area contributed by atoms with Crippen molar-refractivity contribution in [3.8, 4) is 17.2 Å².